The van der Waals surface area contributed by atoms with Crippen molar-refractivity contribution >= 4 is 39.1 Å². The number of carbonyl (C=O) groups is 2. The normalized spacial score (nSPS) is 21.0. The Labute approximate surface area is 190 Å². The molecule has 1 aliphatic heterocycles. The number of Topliss-reactive ketones (excluding diaryl/α,β-unsaturated/α-hetero) is 2. The van der Waals surface area contributed by atoms with Crippen LogP contribution in [-0.2, 0) is 14.3 Å². The van der Waals surface area contributed by atoms with Gasteiger partial charge in [0.05, 0.1) is 5.02 Å². The van der Waals surface area contributed by atoms with E-state index in [2.05, 4.69) is 15.9 Å². The molecule has 0 radical (unpaired) electrons. The van der Waals surface area contributed by atoms with E-state index in [-0.39, 0.29) is 11.6 Å². The Kier molecular flexibility index (Phi) is 5.36. The van der Waals surface area contributed by atoms with Crippen LogP contribution in [0.2, 0.25) is 5.02 Å². The summed E-state index contributed by atoms with van der Waals surface area (Å²) in [4.78, 5) is 26.6. The molecule has 158 valence electrons. The van der Waals surface area contributed by atoms with E-state index < -0.39 is 17.1 Å². The third-order valence-corrected chi connectivity index (χ3v) is 6.52. The molecule has 0 unspecified atom stereocenters. The van der Waals surface area contributed by atoms with Crippen LogP contribution in [0.4, 0.5) is 0 Å². The molecule has 30 heavy (non-hydrogen) atoms. The SMILES string of the molecule is CC1(C)OC(C)(C)C(=O)C(c2cc(Oc3ccc(Br)cc3Cl)ccc2C2CC2)C1=O. The molecular formula is C24H24BrClO4. The number of hydrogen-bond acceptors (Lipinski definition) is 4. The van der Waals surface area contributed by atoms with E-state index in [1.165, 1.54) is 0 Å². The maximum absolute atomic E-state index is 13.3. The van der Waals surface area contributed by atoms with Gasteiger partial charge in [-0.3, -0.25) is 9.59 Å². The number of benzene rings is 2. The number of carbonyl (C=O) groups excluding carboxylic acids is 2. The lowest BCUT2D eigenvalue weighted by Crippen LogP contribution is -2.58. The lowest BCUT2D eigenvalue weighted by Gasteiger charge is -2.43. The first-order valence-corrected chi connectivity index (χ1v) is 11.2. The summed E-state index contributed by atoms with van der Waals surface area (Å²) >= 11 is 9.69. The van der Waals surface area contributed by atoms with Crippen molar-refractivity contribution in [3.63, 3.8) is 0 Å². The number of hydrogen-bond donors (Lipinski definition) is 0. The van der Waals surface area contributed by atoms with Gasteiger partial charge in [-0.1, -0.05) is 33.6 Å². The van der Waals surface area contributed by atoms with Gasteiger partial charge in [-0.05, 0) is 87.9 Å². The lowest BCUT2D eigenvalue weighted by atomic mass is 9.73. The molecular weight excluding hydrogens is 468 g/mol. The highest BCUT2D eigenvalue weighted by atomic mass is 79.9. The molecule has 0 atom stereocenters. The van der Waals surface area contributed by atoms with Gasteiger partial charge in [0.25, 0.3) is 0 Å². The minimum atomic E-state index is -1.05. The number of halogens is 2. The largest absolute Gasteiger partial charge is 0.456 e. The first kappa shape index (κ1) is 21.5. The summed E-state index contributed by atoms with van der Waals surface area (Å²) in [6, 6.07) is 11.1. The predicted octanol–water partition coefficient (Wildman–Crippen LogP) is 6.58. The van der Waals surface area contributed by atoms with Gasteiger partial charge in [0.2, 0.25) is 0 Å². The van der Waals surface area contributed by atoms with E-state index >= 15 is 0 Å². The Morgan fingerprint density at radius 3 is 2.17 bits per heavy atom. The minimum absolute atomic E-state index is 0.215. The van der Waals surface area contributed by atoms with Crippen LogP contribution in [-0.4, -0.2) is 22.8 Å². The predicted molar refractivity (Wildman–Crippen MR) is 120 cm³/mol. The highest BCUT2D eigenvalue weighted by Crippen LogP contribution is 2.48. The topological polar surface area (TPSA) is 52.6 Å². The molecule has 0 amide bonds. The molecule has 1 heterocycles. The molecule has 1 saturated carbocycles. The molecule has 2 fully saturated rings. The monoisotopic (exact) mass is 490 g/mol. The second kappa shape index (κ2) is 7.47. The fourth-order valence-corrected chi connectivity index (χ4v) is 4.86. The first-order chi connectivity index (χ1) is 14.0. The summed E-state index contributed by atoms with van der Waals surface area (Å²) in [7, 11) is 0. The smallest absolute Gasteiger partial charge is 0.179 e. The van der Waals surface area contributed by atoms with Crippen LogP contribution in [0.3, 0.4) is 0 Å². The standard InChI is InChI=1S/C24H24BrClO4/c1-23(2)21(27)20(22(28)24(3,4)30-23)17-12-15(8-9-16(17)13-5-6-13)29-19-10-7-14(25)11-18(19)26/h7-13,20H,5-6H2,1-4H3. The molecule has 4 rings (SSSR count). The number of ketones is 2. The van der Waals surface area contributed by atoms with Crippen molar-refractivity contribution in [1.82, 2.24) is 0 Å². The average Bonchev–Trinajstić information content (AvgIpc) is 3.47. The summed E-state index contributed by atoms with van der Waals surface area (Å²) in [6.07, 6.45) is 2.12. The van der Waals surface area contributed by atoms with Gasteiger partial charge in [-0.15, -0.1) is 0 Å². The van der Waals surface area contributed by atoms with Gasteiger partial charge in [0.15, 0.2) is 11.6 Å². The quantitative estimate of drug-likeness (QED) is 0.453. The van der Waals surface area contributed by atoms with Crippen LogP contribution in [0, 0.1) is 0 Å². The Balaban J connectivity index is 1.78. The highest BCUT2D eigenvalue weighted by Gasteiger charge is 2.53. The molecule has 6 heteroatoms. The summed E-state index contributed by atoms with van der Waals surface area (Å²) in [5.74, 6) is 0.125. The van der Waals surface area contributed by atoms with E-state index in [1.54, 1.807) is 39.8 Å². The van der Waals surface area contributed by atoms with Crippen molar-refractivity contribution in [3.05, 3.63) is 57.0 Å². The van der Waals surface area contributed by atoms with Crippen molar-refractivity contribution in [1.29, 1.82) is 0 Å². The first-order valence-electron chi connectivity index (χ1n) is 10.0. The van der Waals surface area contributed by atoms with Crippen LogP contribution in [0.5, 0.6) is 11.5 Å². The maximum atomic E-state index is 13.3. The molecule has 2 aromatic rings. The van der Waals surface area contributed by atoms with Gasteiger partial charge in [-0.25, -0.2) is 0 Å². The number of rotatable bonds is 4. The van der Waals surface area contributed by atoms with Gasteiger partial charge >= 0.3 is 0 Å². The van der Waals surface area contributed by atoms with Crippen molar-refractivity contribution in [2.75, 3.05) is 0 Å². The van der Waals surface area contributed by atoms with E-state index in [1.807, 2.05) is 24.3 Å². The van der Waals surface area contributed by atoms with E-state index in [9.17, 15) is 9.59 Å². The molecule has 2 aliphatic rings. The molecule has 0 aromatic heterocycles. The minimum Gasteiger partial charge on any atom is -0.456 e. The van der Waals surface area contributed by atoms with E-state index in [4.69, 9.17) is 21.1 Å². The second-order valence-corrected chi connectivity index (χ2v) is 10.3. The average molecular weight is 492 g/mol. The second-order valence-electron chi connectivity index (χ2n) is 9.03. The summed E-state index contributed by atoms with van der Waals surface area (Å²) in [5, 5.41) is 0.470. The Morgan fingerprint density at radius 1 is 0.967 bits per heavy atom. The fraction of sp³-hybridized carbons (Fsp3) is 0.417. The summed E-state index contributed by atoms with van der Waals surface area (Å²) < 4.78 is 12.7. The highest BCUT2D eigenvalue weighted by molar-refractivity contribution is 9.10. The zero-order valence-corrected chi connectivity index (χ0v) is 19.8. The molecule has 0 bridgehead atoms. The fourth-order valence-electron chi connectivity index (χ4n) is 4.15. The molecule has 4 nitrogen and oxygen atoms in total. The van der Waals surface area contributed by atoms with Crippen molar-refractivity contribution in [3.8, 4) is 11.5 Å². The van der Waals surface area contributed by atoms with Crippen LogP contribution >= 0.6 is 27.5 Å². The van der Waals surface area contributed by atoms with E-state index in [0.29, 0.717) is 22.4 Å². The lowest BCUT2D eigenvalue weighted by molar-refractivity contribution is -0.184. The van der Waals surface area contributed by atoms with Crippen LogP contribution in [0.15, 0.2) is 40.9 Å². The van der Waals surface area contributed by atoms with Gasteiger partial charge < -0.3 is 9.47 Å². The van der Waals surface area contributed by atoms with Crippen LogP contribution in [0.25, 0.3) is 0 Å². The van der Waals surface area contributed by atoms with Crippen molar-refractivity contribution in [2.45, 2.75) is 63.6 Å². The third-order valence-electron chi connectivity index (χ3n) is 5.73. The van der Waals surface area contributed by atoms with Gasteiger partial charge in [-0.2, -0.15) is 0 Å². The van der Waals surface area contributed by atoms with Crippen molar-refractivity contribution in [2.24, 2.45) is 0 Å². The Morgan fingerprint density at radius 2 is 1.60 bits per heavy atom. The third kappa shape index (κ3) is 3.95. The molecule has 1 saturated heterocycles. The molecule has 1 aliphatic carbocycles. The van der Waals surface area contributed by atoms with Gasteiger partial charge in [0.1, 0.15) is 28.6 Å². The number of ether oxygens (including phenoxy) is 2. The molecule has 0 N–H and O–H groups in total. The summed E-state index contributed by atoms with van der Waals surface area (Å²) in [6.45, 7) is 6.93. The Hall–Kier alpha value is -1.69. The van der Waals surface area contributed by atoms with Crippen LogP contribution in [0.1, 0.15) is 63.5 Å². The summed E-state index contributed by atoms with van der Waals surface area (Å²) in [5.41, 5.74) is -0.323. The molecule has 0 spiro atoms. The zero-order valence-electron chi connectivity index (χ0n) is 17.4. The van der Waals surface area contributed by atoms with E-state index in [0.717, 1.165) is 28.4 Å². The zero-order chi connectivity index (χ0) is 21.8. The van der Waals surface area contributed by atoms with Gasteiger partial charge in [0, 0.05) is 4.47 Å². The maximum Gasteiger partial charge on any atom is 0.179 e. The molecule has 2 aromatic carbocycles. The Bertz CT molecular complexity index is 1010. The van der Waals surface area contributed by atoms with Crippen LogP contribution < -0.4 is 4.74 Å². The van der Waals surface area contributed by atoms with Crippen molar-refractivity contribution < 1.29 is 19.1 Å².